The van der Waals surface area contributed by atoms with Crippen LogP contribution in [-0.4, -0.2) is 11.9 Å². The third-order valence-electron chi connectivity index (χ3n) is 4.13. The molecule has 1 aliphatic rings. The van der Waals surface area contributed by atoms with Gasteiger partial charge in [0.15, 0.2) is 0 Å². The van der Waals surface area contributed by atoms with E-state index in [0.717, 1.165) is 12.8 Å². The number of amides is 1. The van der Waals surface area contributed by atoms with Crippen molar-refractivity contribution in [3.05, 3.63) is 35.9 Å². The van der Waals surface area contributed by atoms with Crippen LogP contribution in [0.3, 0.4) is 0 Å². The van der Waals surface area contributed by atoms with Crippen molar-refractivity contribution in [1.29, 1.82) is 5.26 Å². The Labute approximate surface area is 121 Å². The molecule has 0 spiro atoms. The van der Waals surface area contributed by atoms with Gasteiger partial charge in [-0.15, -0.1) is 0 Å². The minimum absolute atomic E-state index is 0.0846. The number of rotatable bonds is 5. The molecule has 1 aliphatic carbocycles. The van der Waals surface area contributed by atoms with Crippen molar-refractivity contribution in [1.82, 2.24) is 5.32 Å². The highest BCUT2D eigenvalue weighted by molar-refractivity contribution is 5.86. The highest BCUT2D eigenvalue weighted by atomic mass is 16.2. The summed E-state index contributed by atoms with van der Waals surface area (Å²) in [6, 6.07) is 12.6. The first kappa shape index (κ1) is 14.6. The number of benzene rings is 1. The SMILES string of the molecule is CC1CC(C#N)(C(=O)NC(C)CCc2ccccc2)C1. The zero-order chi connectivity index (χ0) is 14.6. The van der Waals surface area contributed by atoms with Crippen LogP contribution in [0.25, 0.3) is 0 Å². The second-order valence-corrected chi connectivity index (χ2v) is 6.11. The number of hydrogen-bond acceptors (Lipinski definition) is 2. The molecule has 1 N–H and O–H groups in total. The van der Waals surface area contributed by atoms with Gasteiger partial charge in [0.25, 0.3) is 0 Å². The third-order valence-corrected chi connectivity index (χ3v) is 4.13. The van der Waals surface area contributed by atoms with E-state index in [1.165, 1.54) is 5.56 Å². The van der Waals surface area contributed by atoms with E-state index in [1.807, 2.05) is 25.1 Å². The standard InChI is InChI=1S/C17H22N2O/c1-13-10-17(11-13,12-18)16(20)19-14(2)8-9-15-6-4-3-5-7-15/h3-7,13-14H,8-11H2,1-2H3,(H,19,20). The monoisotopic (exact) mass is 270 g/mol. The molecule has 0 aliphatic heterocycles. The van der Waals surface area contributed by atoms with Crippen LogP contribution in [0.4, 0.5) is 0 Å². The van der Waals surface area contributed by atoms with Crippen molar-refractivity contribution in [2.24, 2.45) is 11.3 Å². The maximum Gasteiger partial charge on any atom is 0.240 e. The van der Waals surface area contributed by atoms with E-state index in [2.05, 4.69) is 30.4 Å². The maximum absolute atomic E-state index is 12.2. The van der Waals surface area contributed by atoms with Crippen LogP contribution in [-0.2, 0) is 11.2 Å². The zero-order valence-corrected chi connectivity index (χ0v) is 12.2. The normalized spacial score (nSPS) is 26.1. The van der Waals surface area contributed by atoms with E-state index in [9.17, 15) is 10.1 Å². The molecule has 106 valence electrons. The molecule has 3 nitrogen and oxygen atoms in total. The number of aryl methyl sites for hydroxylation is 1. The zero-order valence-electron chi connectivity index (χ0n) is 12.2. The molecule has 20 heavy (non-hydrogen) atoms. The molecule has 0 saturated heterocycles. The van der Waals surface area contributed by atoms with Gasteiger partial charge in [-0.25, -0.2) is 0 Å². The van der Waals surface area contributed by atoms with Crippen molar-refractivity contribution in [3.8, 4) is 6.07 Å². The van der Waals surface area contributed by atoms with Crippen LogP contribution in [0.2, 0.25) is 0 Å². The van der Waals surface area contributed by atoms with E-state index < -0.39 is 5.41 Å². The molecule has 1 atom stereocenters. The number of carbonyl (C=O) groups excluding carboxylic acids is 1. The number of nitrogens with one attached hydrogen (secondary N) is 1. The molecule has 0 bridgehead atoms. The number of nitrogens with zero attached hydrogens (tertiary/aromatic N) is 1. The van der Waals surface area contributed by atoms with Gasteiger partial charge in [-0.1, -0.05) is 37.3 Å². The average Bonchev–Trinajstić information content (AvgIpc) is 2.42. The smallest absolute Gasteiger partial charge is 0.240 e. The van der Waals surface area contributed by atoms with Crippen molar-refractivity contribution in [2.75, 3.05) is 0 Å². The fourth-order valence-electron chi connectivity index (χ4n) is 2.92. The van der Waals surface area contributed by atoms with Crippen LogP contribution in [0.5, 0.6) is 0 Å². The van der Waals surface area contributed by atoms with Crippen LogP contribution >= 0.6 is 0 Å². The molecule has 0 heterocycles. The molecule has 1 aromatic carbocycles. The average molecular weight is 270 g/mol. The van der Waals surface area contributed by atoms with Crippen LogP contribution in [0.15, 0.2) is 30.3 Å². The summed E-state index contributed by atoms with van der Waals surface area (Å²) < 4.78 is 0. The first-order valence-corrected chi connectivity index (χ1v) is 7.32. The molecule has 1 amide bonds. The Morgan fingerprint density at radius 3 is 2.65 bits per heavy atom. The molecule has 0 radical (unpaired) electrons. The molecular weight excluding hydrogens is 248 g/mol. The fourth-order valence-corrected chi connectivity index (χ4v) is 2.92. The van der Waals surface area contributed by atoms with Crippen molar-refractivity contribution in [2.45, 2.75) is 45.6 Å². The summed E-state index contributed by atoms with van der Waals surface area (Å²) in [5.74, 6) is 0.402. The van der Waals surface area contributed by atoms with E-state index in [0.29, 0.717) is 18.8 Å². The highest BCUT2D eigenvalue weighted by Gasteiger charge is 2.49. The second-order valence-electron chi connectivity index (χ2n) is 6.11. The molecule has 2 rings (SSSR count). The lowest BCUT2D eigenvalue weighted by Crippen LogP contribution is -2.50. The summed E-state index contributed by atoms with van der Waals surface area (Å²) >= 11 is 0. The van der Waals surface area contributed by atoms with Crippen molar-refractivity contribution in [3.63, 3.8) is 0 Å². The quantitative estimate of drug-likeness (QED) is 0.894. The predicted molar refractivity (Wildman–Crippen MR) is 78.8 cm³/mol. The Morgan fingerprint density at radius 2 is 2.10 bits per heavy atom. The third kappa shape index (κ3) is 3.19. The van der Waals surface area contributed by atoms with E-state index in [1.54, 1.807) is 0 Å². The van der Waals surface area contributed by atoms with Gasteiger partial charge in [0.2, 0.25) is 5.91 Å². The lowest BCUT2D eigenvalue weighted by Gasteiger charge is -2.39. The van der Waals surface area contributed by atoms with Gasteiger partial charge >= 0.3 is 0 Å². The largest absolute Gasteiger partial charge is 0.352 e. The van der Waals surface area contributed by atoms with E-state index >= 15 is 0 Å². The summed E-state index contributed by atoms with van der Waals surface area (Å²) in [7, 11) is 0. The van der Waals surface area contributed by atoms with Gasteiger partial charge in [-0.2, -0.15) is 5.26 Å². The summed E-state index contributed by atoms with van der Waals surface area (Å²) in [6.45, 7) is 4.09. The minimum atomic E-state index is -0.763. The van der Waals surface area contributed by atoms with Gasteiger partial charge < -0.3 is 5.32 Å². The van der Waals surface area contributed by atoms with E-state index in [4.69, 9.17) is 0 Å². The molecule has 0 aromatic heterocycles. The lowest BCUT2D eigenvalue weighted by atomic mass is 9.63. The van der Waals surface area contributed by atoms with Gasteiger partial charge in [-0.05, 0) is 44.1 Å². The predicted octanol–water partition coefficient (Wildman–Crippen LogP) is 3.06. The summed E-state index contributed by atoms with van der Waals surface area (Å²) in [6.07, 6.45) is 3.23. The van der Waals surface area contributed by atoms with Gasteiger partial charge in [0.05, 0.1) is 6.07 Å². The molecule has 1 unspecified atom stereocenters. The van der Waals surface area contributed by atoms with E-state index in [-0.39, 0.29) is 11.9 Å². The molecule has 3 heteroatoms. The van der Waals surface area contributed by atoms with Crippen LogP contribution in [0, 0.1) is 22.7 Å². The van der Waals surface area contributed by atoms with Crippen molar-refractivity contribution >= 4 is 5.91 Å². The molecule has 1 fully saturated rings. The van der Waals surface area contributed by atoms with Crippen LogP contribution in [0.1, 0.15) is 38.7 Å². The summed E-state index contributed by atoms with van der Waals surface area (Å²) in [5, 5.41) is 12.2. The summed E-state index contributed by atoms with van der Waals surface area (Å²) in [5.41, 5.74) is 0.515. The Hall–Kier alpha value is -1.82. The van der Waals surface area contributed by atoms with Gasteiger partial charge in [0.1, 0.15) is 5.41 Å². The topological polar surface area (TPSA) is 52.9 Å². The number of nitriles is 1. The Balaban J connectivity index is 1.81. The lowest BCUT2D eigenvalue weighted by molar-refractivity contribution is -0.134. The number of carbonyl (C=O) groups is 1. The Bertz CT molecular complexity index is 497. The van der Waals surface area contributed by atoms with Gasteiger partial charge in [-0.3, -0.25) is 4.79 Å². The fraction of sp³-hybridized carbons (Fsp3) is 0.529. The van der Waals surface area contributed by atoms with Gasteiger partial charge in [0, 0.05) is 6.04 Å². The second kappa shape index (κ2) is 6.09. The Kier molecular flexibility index (Phi) is 4.44. The Morgan fingerprint density at radius 1 is 1.45 bits per heavy atom. The molecule has 1 aromatic rings. The molecular formula is C17H22N2O. The first-order valence-electron chi connectivity index (χ1n) is 7.32. The summed E-state index contributed by atoms with van der Waals surface area (Å²) in [4.78, 5) is 12.2. The van der Waals surface area contributed by atoms with Crippen molar-refractivity contribution < 1.29 is 4.79 Å². The number of hydrogen-bond donors (Lipinski definition) is 1. The maximum atomic E-state index is 12.2. The van der Waals surface area contributed by atoms with Crippen LogP contribution < -0.4 is 5.32 Å². The highest BCUT2D eigenvalue weighted by Crippen LogP contribution is 2.45. The minimum Gasteiger partial charge on any atom is -0.352 e. The molecule has 1 saturated carbocycles. The first-order chi connectivity index (χ1) is 9.55.